The first-order valence-electron chi connectivity index (χ1n) is 8.74. The van der Waals surface area contributed by atoms with Gasteiger partial charge in [-0.05, 0) is 31.5 Å². The molecule has 24 heavy (non-hydrogen) atoms. The zero-order valence-electron chi connectivity index (χ0n) is 14.2. The topological polar surface area (TPSA) is 41.5 Å². The van der Waals surface area contributed by atoms with E-state index in [1.165, 1.54) is 38.0 Å². The van der Waals surface area contributed by atoms with Crippen molar-refractivity contribution in [2.24, 2.45) is 0 Å². The lowest BCUT2D eigenvalue weighted by Gasteiger charge is -2.37. The van der Waals surface area contributed by atoms with E-state index >= 15 is 0 Å². The molecule has 1 aromatic heterocycles. The third-order valence-corrected chi connectivity index (χ3v) is 5.13. The van der Waals surface area contributed by atoms with E-state index in [4.69, 9.17) is 4.74 Å². The maximum Gasteiger partial charge on any atom is 0.162 e. The van der Waals surface area contributed by atoms with Crippen molar-refractivity contribution in [3.63, 3.8) is 0 Å². The molecule has 0 spiro atoms. The van der Waals surface area contributed by atoms with Crippen LogP contribution in [0.1, 0.15) is 18.4 Å². The van der Waals surface area contributed by atoms with Gasteiger partial charge in [0.2, 0.25) is 0 Å². The first kappa shape index (κ1) is 15.5. The normalized spacial score (nSPS) is 21.6. The highest BCUT2D eigenvalue weighted by molar-refractivity contribution is 5.63. The smallest absolute Gasteiger partial charge is 0.162 e. The van der Waals surface area contributed by atoms with Crippen LogP contribution in [0.3, 0.4) is 0 Å². The molecule has 0 N–H and O–H groups in total. The van der Waals surface area contributed by atoms with Crippen LogP contribution >= 0.6 is 0 Å². The highest BCUT2D eigenvalue weighted by Crippen LogP contribution is 2.27. The molecule has 126 valence electrons. The molecule has 2 aliphatic heterocycles. The molecular formula is C19H24N4O. The van der Waals surface area contributed by atoms with E-state index in [1.807, 2.05) is 36.7 Å². The van der Waals surface area contributed by atoms with Crippen molar-refractivity contribution in [1.82, 2.24) is 19.8 Å². The Hall–Kier alpha value is -1.98. The summed E-state index contributed by atoms with van der Waals surface area (Å²) in [5.41, 5.74) is 2.12. The zero-order chi connectivity index (χ0) is 16.4. The monoisotopic (exact) mass is 324 g/mol. The van der Waals surface area contributed by atoms with Crippen molar-refractivity contribution in [1.29, 1.82) is 0 Å². The number of hydrogen-bond donors (Lipinski definition) is 0. The first-order valence-corrected chi connectivity index (χ1v) is 8.74. The molecule has 2 fully saturated rings. The molecule has 0 unspecified atom stereocenters. The van der Waals surface area contributed by atoms with E-state index in [0.29, 0.717) is 0 Å². The molecule has 3 heterocycles. The Morgan fingerprint density at radius 2 is 1.96 bits per heavy atom. The number of aromatic nitrogens is 2. The molecule has 0 radical (unpaired) electrons. The minimum atomic E-state index is 0.719. The van der Waals surface area contributed by atoms with Crippen molar-refractivity contribution in [2.75, 3.05) is 33.3 Å². The van der Waals surface area contributed by atoms with Gasteiger partial charge in [-0.25, -0.2) is 9.97 Å². The Labute approximate surface area is 143 Å². The lowest BCUT2D eigenvalue weighted by molar-refractivity contribution is 0.0992. The van der Waals surface area contributed by atoms with Crippen LogP contribution in [0.2, 0.25) is 0 Å². The fourth-order valence-corrected chi connectivity index (χ4v) is 3.86. The van der Waals surface area contributed by atoms with Gasteiger partial charge in [0.05, 0.1) is 12.7 Å². The molecule has 2 saturated heterocycles. The summed E-state index contributed by atoms with van der Waals surface area (Å²) in [4.78, 5) is 14.3. The lowest BCUT2D eigenvalue weighted by Crippen LogP contribution is -2.49. The van der Waals surface area contributed by atoms with Crippen molar-refractivity contribution >= 4 is 0 Å². The van der Waals surface area contributed by atoms with E-state index in [0.717, 1.165) is 36.3 Å². The Kier molecular flexibility index (Phi) is 4.45. The van der Waals surface area contributed by atoms with Gasteiger partial charge in [0.25, 0.3) is 0 Å². The standard InChI is InChI=1S/C19H24N4O/c1-24-18-7-3-2-6-17(18)19-20-11-15(12-21-19)13-22-9-10-23-8-4-5-16(23)14-22/h2-3,6-7,11-12,16H,4-5,8-10,13-14H2,1H3/t16-/m0/s1. The second kappa shape index (κ2) is 6.87. The van der Waals surface area contributed by atoms with Crippen molar-refractivity contribution in [3.8, 4) is 17.1 Å². The van der Waals surface area contributed by atoms with Crippen molar-refractivity contribution in [2.45, 2.75) is 25.4 Å². The summed E-state index contributed by atoms with van der Waals surface area (Å²) >= 11 is 0. The summed E-state index contributed by atoms with van der Waals surface area (Å²) in [5, 5.41) is 0. The predicted octanol–water partition coefficient (Wildman–Crippen LogP) is 2.43. The summed E-state index contributed by atoms with van der Waals surface area (Å²) in [6.45, 7) is 5.75. The van der Waals surface area contributed by atoms with E-state index < -0.39 is 0 Å². The Morgan fingerprint density at radius 3 is 2.79 bits per heavy atom. The molecule has 2 aliphatic rings. The van der Waals surface area contributed by atoms with Gasteiger partial charge >= 0.3 is 0 Å². The van der Waals surface area contributed by atoms with Crippen LogP contribution in [0.4, 0.5) is 0 Å². The summed E-state index contributed by atoms with van der Waals surface area (Å²) in [5.74, 6) is 1.53. The number of piperazine rings is 1. The third kappa shape index (κ3) is 3.14. The second-order valence-electron chi connectivity index (χ2n) is 6.68. The van der Waals surface area contributed by atoms with Gasteiger partial charge in [-0.15, -0.1) is 0 Å². The van der Waals surface area contributed by atoms with Gasteiger partial charge in [0, 0.05) is 50.2 Å². The van der Waals surface area contributed by atoms with E-state index in [2.05, 4.69) is 19.8 Å². The summed E-state index contributed by atoms with van der Waals surface area (Å²) in [6.07, 6.45) is 6.61. The maximum absolute atomic E-state index is 5.40. The van der Waals surface area contributed by atoms with Gasteiger partial charge in [-0.3, -0.25) is 9.80 Å². The molecule has 0 aliphatic carbocycles. The largest absolute Gasteiger partial charge is 0.496 e. The molecule has 2 aromatic rings. The van der Waals surface area contributed by atoms with Crippen LogP contribution in [-0.4, -0.2) is 59.1 Å². The molecule has 0 saturated carbocycles. The zero-order valence-corrected chi connectivity index (χ0v) is 14.2. The fourth-order valence-electron chi connectivity index (χ4n) is 3.86. The minimum absolute atomic E-state index is 0.719. The number of rotatable bonds is 4. The summed E-state index contributed by atoms with van der Waals surface area (Å²) in [6, 6.07) is 8.63. The summed E-state index contributed by atoms with van der Waals surface area (Å²) in [7, 11) is 1.68. The van der Waals surface area contributed by atoms with Crippen LogP contribution in [0.25, 0.3) is 11.4 Å². The highest BCUT2D eigenvalue weighted by Gasteiger charge is 2.30. The molecule has 0 bridgehead atoms. The molecule has 1 atom stereocenters. The third-order valence-electron chi connectivity index (χ3n) is 5.13. The number of para-hydroxylation sites is 1. The number of nitrogens with zero attached hydrogens (tertiary/aromatic N) is 4. The molecule has 0 amide bonds. The fraction of sp³-hybridized carbons (Fsp3) is 0.474. The SMILES string of the molecule is COc1ccccc1-c1ncc(CN2CCN3CCC[C@H]3C2)cn1. The van der Waals surface area contributed by atoms with Crippen molar-refractivity contribution < 1.29 is 4.74 Å². The molecule has 1 aromatic carbocycles. The summed E-state index contributed by atoms with van der Waals surface area (Å²) < 4.78 is 5.40. The van der Waals surface area contributed by atoms with Crippen LogP contribution in [0, 0.1) is 0 Å². The van der Waals surface area contributed by atoms with Crippen molar-refractivity contribution in [3.05, 3.63) is 42.2 Å². The number of ether oxygens (including phenoxy) is 1. The van der Waals surface area contributed by atoms with E-state index in [1.54, 1.807) is 7.11 Å². The number of hydrogen-bond acceptors (Lipinski definition) is 5. The van der Waals surface area contributed by atoms with Crippen LogP contribution < -0.4 is 4.74 Å². The maximum atomic E-state index is 5.40. The van der Waals surface area contributed by atoms with Crippen LogP contribution in [-0.2, 0) is 6.54 Å². The second-order valence-corrected chi connectivity index (χ2v) is 6.68. The quantitative estimate of drug-likeness (QED) is 0.864. The Bertz CT molecular complexity index is 688. The van der Waals surface area contributed by atoms with E-state index in [-0.39, 0.29) is 0 Å². The minimum Gasteiger partial charge on any atom is -0.496 e. The molecular weight excluding hydrogens is 300 g/mol. The molecule has 5 heteroatoms. The van der Waals surface area contributed by atoms with Gasteiger partial charge in [-0.2, -0.15) is 0 Å². The van der Waals surface area contributed by atoms with Crippen LogP contribution in [0.15, 0.2) is 36.7 Å². The first-order chi connectivity index (χ1) is 11.8. The number of benzene rings is 1. The molecule has 4 rings (SSSR count). The van der Waals surface area contributed by atoms with Gasteiger partial charge in [0.1, 0.15) is 5.75 Å². The van der Waals surface area contributed by atoms with E-state index in [9.17, 15) is 0 Å². The van der Waals surface area contributed by atoms with Gasteiger partial charge < -0.3 is 4.74 Å². The number of methoxy groups -OCH3 is 1. The lowest BCUT2D eigenvalue weighted by atomic mass is 10.1. The average Bonchev–Trinajstić information content (AvgIpc) is 3.10. The Balaban J connectivity index is 1.44. The average molecular weight is 324 g/mol. The van der Waals surface area contributed by atoms with Crippen LogP contribution in [0.5, 0.6) is 5.75 Å². The Morgan fingerprint density at radius 1 is 1.12 bits per heavy atom. The van der Waals surface area contributed by atoms with Gasteiger partial charge in [-0.1, -0.05) is 12.1 Å². The van der Waals surface area contributed by atoms with Gasteiger partial charge in [0.15, 0.2) is 5.82 Å². The highest BCUT2D eigenvalue weighted by atomic mass is 16.5. The predicted molar refractivity (Wildman–Crippen MR) is 93.9 cm³/mol. The molecule has 5 nitrogen and oxygen atoms in total. The number of fused-ring (bicyclic) bond motifs is 1.